The third-order valence-corrected chi connectivity index (χ3v) is 6.77. The van der Waals surface area contributed by atoms with Gasteiger partial charge in [0.05, 0.1) is 7.11 Å². The van der Waals surface area contributed by atoms with Gasteiger partial charge in [-0.3, -0.25) is 4.79 Å². The quantitative estimate of drug-likeness (QED) is 0.372. The summed E-state index contributed by atoms with van der Waals surface area (Å²) in [6.07, 6.45) is 4.01. The van der Waals surface area contributed by atoms with Gasteiger partial charge >= 0.3 is 5.97 Å². The zero-order valence-electron chi connectivity index (χ0n) is 19.7. The average Bonchev–Trinajstić information content (AvgIpc) is 3.27. The molecule has 0 spiro atoms. The Morgan fingerprint density at radius 3 is 2.59 bits per heavy atom. The first-order valence-corrected chi connectivity index (χ1v) is 11.8. The second-order valence-electron chi connectivity index (χ2n) is 9.11. The summed E-state index contributed by atoms with van der Waals surface area (Å²) >= 11 is 0. The summed E-state index contributed by atoms with van der Waals surface area (Å²) in [7, 11) is 1.59. The molecule has 0 aliphatic heterocycles. The van der Waals surface area contributed by atoms with Crippen LogP contribution < -0.4 is 9.47 Å². The molecule has 1 aliphatic rings. The molecule has 0 radical (unpaired) electrons. The first-order chi connectivity index (χ1) is 16.4. The number of aryl methyl sites for hydroxylation is 1. The first-order valence-electron chi connectivity index (χ1n) is 11.8. The lowest BCUT2D eigenvalue weighted by Gasteiger charge is -2.22. The molecule has 1 saturated carbocycles. The molecule has 2 unspecified atom stereocenters. The number of benzene rings is 3. The SMILES string of the molecule is COc1ccc(F)c(-c2ccc(COc3cccc(CCC(=O)O)c3)cc2C2CCCC2C)c1. The van der Waals surface area contributed by atoms with Gasteiger partial charge in [-0.25, -0.2) is 4.39 Å². The Labute approximate surface area is 200 Å². The first kappa shape index (κ1) is 23.8. The summed E-state index contributed by atoms with van der Waals surface area (Å²) in [4.78, 5) is 10.9. The molecule has 4 nitrogen and oxygen atoms in total. The van der Waals surface area contributed by atoms with Gasteiger partial charge in [0, 0.05) is 12.0 Å². The van der Waals surface area contributed by atoms with Crippen molar-refractivity contribution in [2.24, 2.45) is 5.92 Å². The molecule has 34 heavy (non-hydrogen) atoms. The molecule has 1 N–H and O–H groups in total. The van der Waals surface area contributed by atoms with Gasteiger partial charge in [0.25, 0.3) is 0 Å². The van der Waals surface area contributed by atoms with E-state index in [1.165, 1.54) is 18.9 Å². The summed E-state index contributed by atoms with van der Waals surface area (Å²) < 4.78 is 26.3. The van der Waals surface area contributed by atoms with Gasteiger partial charge in [-0.15, -0.1) is 0 Å². The van der Waals surface area contributed by atoms with E-state index in [9.17, 15) is 9.18 Å². The molecule has 3 aromatic carbocycles. The molecule has 0 amide bonds. The van der Waals surface area contributed by atoms with Crippen LogP contribution in [0.1, 0.15) is 55.2 Å². The summed E-state index contributed by atoms with van der Waals surface area (Å²) in [6, 6.07) is 18.6. The fraction of sp³-hybridized carbons (Fsp3) is 0.345. The summed E-state index contributed by atoms with van der Waals surface area (Å²) in [6.45, 7) is 2.66. The second kappa shape index (κ2) is 10.7. The minimum absolute atomic E-state index is 0.0919. The molecule has 3 aromatic rings. The Morgan fingerprint density at radius 1 is 1.00 bits per heavy atom. The molecular weight excluding hydrogens is 431 g/mol. The number of carboxylic acids is 1. The zero-order valence-corrected chi connectivity index (χ0v) is 19.7. The molecule has 2 atom stereocenters. The molecule has 0 saturated heterocycles. The predicted octanol–water partition coefficient (Wildman–Crippen LogP) is 7.00. The van der Waals surface area contributed by atoms with Crippen molar-refractivity contribution >= 4 is 5.97 Å². The topological polar surface area (TPSA) is 55.8 Å². The molecule has 1 aliphatic carbocycles. The van der Waals surface area contributed by atoms with Crippen LogP contribution in [0.25, 0.3) is 11.1 Å². The molecule has 0 heterocycles. The zero-order chi connectivity index (χ0) is 24.1. The Hall–Kier alpha value is -3.34. The normalized spacial score (nSPS) is 17.5. The van der Waals surface area contributed by atoms with Crippen molar-refractivity contribution < 1.29 is 23.8 Å². The van der Waals surface area contributed by atoms with Crippen LogP contribution in [-0.2, 0) is 17.8 Å². The van der Waals surface area contributed by atoms with E-state index in [2.05, 4.69) is 13.0 Å². The van der Waals surface area contributed by atoms with E-state index in [-0.39, 0.29) is 12.2 Å². The third kappa shape index (κ3) is 5.58. The number of carbonyl (C=O) groups is 1. The summed E-state index contributed by atoms with van der Waals surface area (Å²) in [5, 5.41) is 8.92. The molecule has 1 fully saturated rings. The molecule has 5 heteroatoms. The van der Waals surface area contributed by atoms with Gasteiger partial charge in [-0.2, -0.15) is 0 Å². The lowest BCUT2D eigenvalue weighted by atomic mass is 9.84. The van der Waals surface area contributed by atoms with Crippen LogP contribution in [0.3, 0.4) is 0 Å². The number of hydrogen-bond donors (Lipinski definition) is 1. The lowest BCUT2D eigenvalue weighted by Crippen LogP contribution is -2.07. The number of methoxy groups -OCH3 is 1. The Morgan fingerprint density at radius 2 is 1.85 bits per heavy atom. The van der Waals surface area contributed by atoms with Crippen LogP contribution in [0, 0.1) is 11.7 Å². The highest BCUT2D eigenvalue weighted by atomic mass is 19.1. The Balaban J connectivity index is 1.60. The highest BCUT2D eigenvalue weighted by molar-refractivity contribution is 5.71. The predicted molar refractivity (Wildman–Crippen MR) is 131 cm³/mol. The molecule has 0 aromatic heterocycles. The maximum absolute atomic E-state index is 14.9. The molecule has 0 bridgehead atoms. The van der Waals surface area contributed by atoms with Crippen molar-refractivity contribution in [3.8, 4) is 22.6 Å². The summed E-state index contributed by atoms with van der Waals surface area (Å²) in [5.74, 6) is 1.19. The fourth-order valence-electron chi connectivity index (χ4n) is 4.91. The van der Waals surface area contributed by atoms with Gasteiger partial charge in [0.1, 0.15) is 23.9 Å². The van der Waals surface area contributed by atoms with Crippen LogP contribution in [0.15, 0.2) is 60.7 Å². The van der Waals surface area contributed by atoms with Crippen LogP contribution in [0.4, 0.5) is 4.39 Å². The largest absolute Gasteiger partial charge is 0.497 e. The molecule has 178 valence electrons. The monoisotopic (exact) mass is 462 g/mol. The summed E-state index contributed by atoms with van der Waals surface area (Å²) in [5.41, 5.74) is 4.59. The van der Waals surface area contributed by atoms with Crippen LogP contribution >= 0.6 is 0 Å². The van der Waals surface area contributed by atoms with E-state index in [0.717, 1.165) is 28.7 Å². The Bertz CT molecular complexity index is 1160. The number of hydrogen-bond acceptors (Lipinski definition) is 3. The van der Waals surface area contributed by atoms with Crippen molar-refractivity contribution in [2.75, 3.05) is 7.11 Å². The van der Waals surface area contributed by atoms with Crippen LogP contribution in [0.2, 0.25) is 0 Å². The minimum atomic E-state index is -0.812. The van der Waals surface area contributed by atoms with Gasteiger partial charge < -0.3 is 14.6 Å². The van der Waals surface area contributed by atoms with E-state index in [4.69, 9.17) is 14.6 Å². The van der Waals surface area contributed by atoms with Gasteiger partial charge in [-0.05, 0) is 77.3 Å². The van der Waals surface area contributed by atoms with E-state index < -0.39 is 5.97 Å². The lowest BCUT2D eigenvalue weighted by molar-refractivity contribution is -0.136. The van der Waals surface area contributed by atoms with Gasteiger partial charge in [0.2, 0.25) is 0 Å². The van der Waals surface area contributed by atoms with E-state index >= 15 is 0 Å². The molecular formula is C29H31FO4. The van der Waals surface area contributed by atoms with E-state index in [1.54, 1.807) is 19.2 Å². The maximum atomic E-state index is 14.9. The maximum Gasteiger partial charge on any atom is 0.303 e. The average molecular weight is 463 g/mol. The number of rotatable bonds is 9. The van der Waals surface area contributed by atoms with Crippen molar-refractivity contribution in [2.45, 2.75) is 51.6 Å². The number of aliphatic carboxylic acids is 1. The van der Waals surface area contributed by atoms with Crippen LogP contribution in [0.5, 0.6) is 11.5 Å². The minimum Gasteiger partial charge on any atom is -0.497 e. The van der Waals surface area contributed by atoms with E-state index in [0.29, 0.717) is 41.9 Å². The number of carboxylic acid groups (broad SMARTS) is 1. The number of ether oxygens (including phenoxy) is 2. The van der Waals surface area contributed by atoms with Crippen molar-refractivity contribution in [1.82, 2.24) is 0 Å². The van der Waals surface area contributed by atoms with Crippen molar-refractivity contribution in [3.05, 3.63) is 83.2 Å². The van der Waals surface area contributed by atoms with Crippen molar-refractivity contribution in [3.63, 3.8) is 0 Å². The van der Waals surface area contributed by atoms with Gasteiger partial charge in [0.15, 0.2) is 0 Å². The molecule has 4 rings (SSSR count). The number of halogens is 1. The van der Waals surface area contributed by atoms with Gasteiger partial charge in [-0.1, -0.05) is 50.1 Å². The highest BCUT2D eigenvalue weighted by Gasteiger charge is 2.28. The van der Waals surface area contributed by atoms with Crippen LogP contribution in [-0.4, -0.2) is 18.2 Å². The van der Waals surface area contributed by atoms with Crippen molar-refractivity contribution in [1.29, 1.82) is 0 Å². The fourth-order valence-corrected chi connectivity index (χ4v) is 4.91. The standard InChI is InChI=1S/C29H31FO4/c1-19-5-3-8-24(19)26-16-21(9-12-25(26)27-17-22(33-2)11-13-28(27)30)18-34-23-7-4-6-20(15-23)10-14-29(31)32/h4,6-7,9,11-13,15-17,19,24H,3,5,8,10,14,18H2,1-2H3,(H,31,32). The second-order valence-corrected chi connectivity index (χ2v) is 9.11. The smallest absolute Gasteiger partial charge is 0.303 e. The Kier molecular flexibility index (Phi) is 7.51. The highest BCUT2D eigenvalue weighted by Crippen LogP contribution is 2.44. The van der Waals surface area contributed by atoms with E-state index in [1.807, 2.05) is 36.4 Å². The third-order valence-electron chi connectivity index (χ3n) is 6.77.